The maximum absolute atomic E-state index is 13.1. The first-order valence-corrected chi connectivity index (χ1v) is 5.45. The van der Waals surface area contributed by atoms with Crippen LogP contribution in [0.5, 0.6) is 0 Å². The van der Waals surface area contributed by atoms with Crippen molar-refractivity contribution < 1.29 is 27.1 Å². The summed E-state index contributed by atoms with van der Waals surface area (Å²) < 4.78 is 64.2. The number of hydrogen-bond acceptors (Lipinski definition) is 2. The highest BCUT2D eigenvalue weighted by Crippen LogP contribution is 2.36. The van der Waals surface area contributed by atoms with E-state index in [4.69, 9.17) is 0 Å². The Kier molecular flexibility index (Phi) is 3.71. The first-order valence-electron chi connectivity index (χ1n) is 5.45. The Morgan fingerprint density at radius 3 is 2.35 bits per heavy atom. The molecule has 0 spiro atoms. The molecule has 106 valence electrons. The van der Waals surface area contributed by atoms with E-state index in [1.54, 1.807) is 0 Å². The van der Waals surface area contributed by atoms with E-state index in [9.17, 15) is 27.1 Å². The molecule has 2 nitrogen and oxygen atoms in total. The van der Waals surface area contributed by atoms with Crippen LogP contribution in [0, 0.1) is 11.6 Å². The predicted molar refractivity (Wildman–Crippen MR) is 59.7 cm³/mol. The maximum atomic E-state index is 13.1. The van der Waals surface area contributed by atoms with Gasteiger partial charge in [-0.1, -0.05) is 6.07 Å². The van der Waals surface area contributed by atoms with E-state index in [-0.39, 0.29) is 5.56 Å². The van der Waals surface area contributed by atoms with Crippen molar-refractivity contribution in [1.82, 2.24) is 4.98 Å². The number of aliphatic hydroxyl groups excluding tert-OH is 1. The molecule has 0 saturated carbocycles. The van der Waals surface area contributed by atoms with E-state index in [1.165, 1.54) is 0 Å². The summed E-state index contributed by atoms with van der Waals surface area (Å²) in [6.07, 6.45) is -4.66. The van der Waals surface area contributed by atoms with Gasteiger partial charge in [-0.05, 0) is 23.8 Å². The molecular formula is C13H8F5NO. The first kappa shape index (κ1) is 14.4. The maximum Gasteiger partial charge on any atom is 0.416 e. The molecule has 1 unspecified atom stereocenters. The molecule has 1 heterocycles. The van der Waals surface area contributed by atoms with Gasteiger partial charge < -0.3 is 5.11 Å². The number of hydrogen-bond donors (Lipinski definition) is 1. The van der Waals surface area contributed by atoms with Crippen molar-refractivity contribution in [3.8, 4) is 0 Å². The van der Waals surface area contributed by atoms with Gasteiger partial charge in [-0.15, -0.1) is 0 Å². The number of pyridine rings is 1. The lowest BCUT2D eigenvalue weighted by molar-refractivity contribution is -0.139. The van der Waals surface area contributed by atoms with Gasteiger partial charge in [0, 0.05) is 18.0 Å². The number of aliphatic hydroxyl groups is 1. The summed E-state index contributed by atoms with van der Waals surface area (Å²) in [6, 6.07) is 3.10. The second kappa shape index (κ2) is 5.16. The Hall–Kier alpha value is -2.02. The molecule has 20 heavy (non-hydrogen) atoms. The monoisotopic (exact) mass is 289 g/mol. The number of halogens is 5. The minimum absolute atomic E-state index is 0.192. The lowest BCUT2D eigenvalue weighted by Gasteiger charge is -2.17. The van der Waals surface area contributed by atoms with Gasteiger partial charge in [0.15, 0.2) is 11.6 Å². The fourth-order valence-corrected chi connectivity index (χ4v) is 1.74. The van der Waals surface area contributed by atoms with Crippen LogP contribution in [-0.4, -0.2) is 10.1 Å². The zero-order valence-electron chi connectivity index (χ0n) is 9.83. The fraction of sp³-hybridized carbons (Fsp3) is 0.154. The number of benzene rings is 1. The van der Waals surface area contributed by atoms with Crippen LogP contribution in [-0.2, 0) is 6.18 Å². The number of rotatable bonds is 2. The zero-order chi connectivity index (χ0) is 14.9. The molecule has 1 atom stereocenters. The molecule has 0 aliphatic rings. The van der Waals surface area contributed by atoms with Crippen LogP contribution in [0.1, 0.15) is 22.8 Å². The van der Waals surface area contributed by atoms with Gasteiger partial charge in [-0.25, -0.2) is 8.78 Å². The van der Waals surface area contributed by atoms with Crippen LogP contribution in [0.3, 0.4) is 0 Å². The average Bonchev–Trinajstić information content (AvgIpc) is 2.40. The van der Waals surface area contributed by atoms with Crippen LogP contribution in [0.2, 0.25) is 0 Å². The number of alkyl halides is 3. The van der Waals surface area contributed by atoms with E-state index in [2.05, 4.69) is 4.98 Å². The van der Waals surface area contributed by atoms with Crippen LogP contribution in [0.15, 0.2) is 36.7 Å². The van der Waals surface area contributed by atoms with Crippen molar-refractivity contribution in [3.05, 3.63) is 65.0 Å². The summed E-state index contributed by atoms with van der Waals surface area (Å²) in [6.45, 7) is 0. The topological polar surface area (TPSA) is 33.1 Å². The van der Waals surface area contributed by atoms with Gasteiger partial charge in [0.05, 0.1) is 5.56 Å². The molecule has 0 amide bonds. The van der Waals surface area contributed by atoms with Crippen LogP contribution < -0.4 is 0 Å². The van der Waals surface area contributed by atoms with Gasteiger partial charge in [0.2, 0.25) is 0 Å². The van der Waals surface area contributed by atoms with E-state index in [0.29, 0.717) is 12.1 Å². The Morgan fingerprint density at radius 2 is 1.75 bits per heavy atom. The van der Waals surface area contributed by atoms with Crippen molar-refractivity contribution >= 4 is 0 Å². The van der Waals surface area contributed by atoms with Crippen molar-refractivity contribution in [2.45, 2.75) is 12.3 Å². The van der Waals surface area contributed by atoms with Crippen LogP contribution in [0.25, 0.3) is 0 Å². The molecule has 2 rings (SSSR count). The Balaban J connectivity index is 2.48. The fourth-order valence-electron chi connectivity index (χ4n) is 1.74. The molecule has 0 aliphatic heterocycles. The van der Waals surface area contributed by atoms with Gasteiger partial charge >= 0.3 is 6.18 Å². The summed E-state index contributed by atoms with van der Waals surface area (Å²) in [5, 5.41) is 9.92. The predicted octanol–water partition coefficient (Wildman–Crippen LogP) is 3.46. The van der Waals surface area contributed by atoms with Gasteiger partial charge in [-0.2, -0.15) is 13.2 Å². The molecule has 0 fully saturated rings. The molecule has 7 heteroatoms. The van der Waals surface area contributed by atoms with Crippen molar-refractivity contribution in [1.29, 1.82) is 0 Å². The minimum Gasteiger partial charge on any atom is -0.384 e. The third kappa shape index (κ3) is 2.77. The molecule has 0 bridgehead atoms. The molecule has 2 aromatic rings. The molecule has 1 aromatic carbocycles. The normalized spacial score (nSPS) is 13.3. The Morgan fingerprint density at radius 1 is 1.05 bits per heavy atom. The minimum atomic E-state index is -4.68. The van der Waals surface area contributed by atoms with E-state index < -0.39 is 35.0 Å². The molecule has 0 radical (unpaired) electrons. The second-order valence-corrected chi connectivity index (χ2v) is 4.04. The van der Waals surface area contributed by atoms with E-state index in [1.807, 2.05) is 0 Å². The largest absolute Gasteiger partial charge is 0.416 e. The summed E-state index contributed by atoms with van der Waals surface area (Å²) in [5.74, 6) is -2.40. The smallest absolute Gasteiger partial charge is 0.384 e. The summed E-state index contributed by atoms with van der Waals surface area (Å²) in [7, 11) is 0. The van der Waals surface area contributed by atoms with Crippen molar-refractivity contribution in [2.75, 3.05) is 0 Å². The summed E-state index contributed by atoms with van der Waals surface area (Å²) >= 11 is 0. The Labute approximate surface area is 110 Å². The summed E-state index contributed by atoms with van der Waals surface area (Å²) in [5.41, 5.74) is -1.79. The second-order valence-electron chi connectivity index (χ2n) is 4.04. The molecule has 1 aromatic heterocycles. The average molecular weight is 289 g/mol. The van der Waals surface area contributed by atoms with Gasteiger partial charge in [0.1, 0.15) is 6.10 Å². The van der Waals surface area contributed by atoms with E-state index in [0.717, 1.165) is 24.5 Å². The zero-order valence-corrected chi connectivity index (χ0v) is 9.83. The standard InChI is InChI=1S/C13H8F5NO/c14-10-2-1-7(5-11(10)15)12(20)8-6-19-4-3-9(8)13(16,17)18/h1-6,12,20H. The Bertz CT molecular complexity index is 626. The third-order valence-corrected chi connectivity index (χ3v) is 2.71. The summed E-state index contributed by atoms with van der Waals surface area (Å²) in [4.78, 5) is 3.52. The lowest BCUT2D eigenvalue weighted by Crippen LogP contribution is -2.13. The molecular weight excluding hydrogens is 281 g/mol. The van der Waals surface area contributed by atoms with Crippen LogP contribution in [0.4, 0.5) is 22.0 Å². The van der Waals surface area contributed by atoms with E-state index >= 15 is 0 Å². The molecule has 0 saturated heterocycles. The number of nitrogens with zero attached hydrogens (tertiary/aromatic N) is 1. The highest BCUT2D eigenvalue weighted by molar-refractivity contribution is 5.35. The quantitative estimate of drug-likeness (QED) is 0.859. The molecule has 1 N–H and O–H groups in total. The first-order chi connectivity index (χ1) is 9.30. The van der Waals surface area contributed by atoms with Gasteiger partial charge in [-0.3, -0.25) is 4.98 Å². The van der Waals surface area contributed by atoms with Gasteiger partial charge in [0.25, 0.3) is 0 Å². The SMILES string of the molecule is OC(c1ccc(F)c(F)c1)c1cnccc1C(F)(F)F. The third-order valence-electron chi connectivity index (χ3n) is 2.71. The highest BCUT2D eigenvalue weighted by Gasteiger charge is 2.35. The van der Waals surface area contributed by atoms with Crippen molar-refractivity contribution in [3.63, 3.8) is 0 Å². The highest BCUT2D eigenvalue weighted by atomic mass is 19.4. The van der Waals surface area contributed by atoms with Crippen molar-refractivity contribution in [2.24, 2.45) is 0 Å². The molecule has 0 aliphatic carbocycles. The van der Waals surface area contributed by atoms with Crippen LogP contribution >= 0.6 is 0 Å². The lowest BCUT2D eigenvalue weighted by atomic mass is 9.98. The number of aromatic nitrogens is 1.